The molecule has 1 unspecified atom stereocenters. The van der Waals surface area contributed by atoms with E-state index in [2.05, 4.69) is 10.3 Å². The zero-order valence-corrected chi connectivity index (χ0v) is 14.0. The third kappa shape index (κ3) is 2.59. The summed E-state index contributed by atoms with van der Waals surface area (Å²) < 4.78 is 14.8. The number of nitrogens with zero attached hydrogens (tertiary/aromatic N) is 4. The van der Waals surface area contributed by atoms with E-state index in [1.165, 1.54) is 16.8 Å². The van der Waals surface area contributed by atoms with E-state index in [1.54, 1.807) is 24.1 Å². The van der Waals surface area contributed by atoms with E-state index >= 15 is 0 Å². The Hall–Kier alpha value is -3.02. The number of rotatable bonds is 2. The van der Waals surface area contributed by atoms with Crippen LogP contribution in [0.5, 0.6) is 0 Å². The topological polar surface area (TPSA) is 51.0 Å². The first-order valence-corrected chi connectivity index (χ1v) is 8.15. The highest BCUT2D eigenvalue weighted by molar-refractivity contribution is 6.06. The van der Waals surface area contributed by atoms with Crippen LogP contribution in [-0.2, 0) is 6.42 Å². The molecule has 1 aliphatic heterocycles. The third-order valence-electron chi connectivity index (χ3n) is 4.54. The molecule has 25 heavy (non-hydrogen) atoms. The molecule has 0 bridgehead atoms. The molecule has 0 spiro atoms. The van der Waals surface area contributed by atoms with Gasteiger partial charge in [0.1, 0.15) is 5.82 Å². The average molecular weight is 336 g/mol. The molecule has 126 valence electrons. The van der Waals surface area contributed by atoms with E-state index in [1.807, 2.05) is 31.2 Å². The molecule has 3 aromatic rings. The van der Waals surface area contributed by atoms with Crippen molar-refractivity contribution < 1.29 is 9.18 Å². The largest absolute Gasteiger partial charge is 0.304 e. The Morgan fingerprint density at radius 3 is 2.80 bits per heavy atom. The molecule has 2 aromatic carbocycles. The molecule has 0 radical (unpaired) electrons. The standard InChI is InChI=1S/C19H17FN4O/c1-12-9-15(20)7-8-17(12)23-11-16(21-22-23)19(25)24-13(2)10-14-5-3-4-6-18(14)24/h3-9,11,13H,10H2,1-2H3. The molecule has 0 N–H and O–H groups in total. The van der Waals surface area contributed by atoms with Crippen LogP contribution < -0.4 is 4.90 Å². The van der Waals surface area contributed by atoms with Gasteiger partial charge in [0.15, 0.2) is 5.69 Å². The van der Waals surface area contributed by atoms with Gasteiger partial charge < -0.3 is 4.90 Å². The number of aryl methyl sites for hydroxylation is 1. The molecule has 0 saturated carbocycles. The van der Waals surface area contributed by atoms with Crippen LogP contribution in [0.1, 0.15) is 28.5 Å². The van der Waals surface area contributed by atoms with Gasteiger partial charge in [0.25, 0.3) is 5.91 Å². The van der Waals surface area contributed by atoms with Crippen molar-refractivity contribution in [1.82, 2.24) is 15.0 Å². The predicted molar refractivity (Wildman–Crippen MR) is 92.5 cm³/mol. The molecule has 6 heteroatoms. The lowest BCUT2D eigenvalue weighted by Crippen LogP contribution is -2.35. The zero-order chi connectivity index (χ0) is 17.6. The molecule has 0 fully saturated rings. The van der Waals surface area contributed by atoms with Gasteiger partial charge in [-0.1, -0.05) is 23.4 Å². The van der Waals surface area contributed by atoms with Crippen LogP contribution in [0.4, 0.5) is 10.1 Å². The number of amides is 1. The van der Waals surface area contributed by atoms with Crippen molar-refractivity contribution in [3.05, 3.63) is 71.3 Å². The van der Waals surface area contributed by atoms with Gasteiger partial charge in [0, 0.05) is 11.7 Å². The maximum absolute atomic E-state index is 13.3. The second kappa shape index (κ2) is 5.81. The number of benzene rings is 2. The van der Waals surface area contributed by atoms with E-state index in [9.17, 15) is 9.18 Å². The molecular weight excluding hydrogens is 319 g/mol. The average Bonchev–Trinajstić information content (AvgIpc) is 3.18. The van der Waals surface area contributed by atoms with Gasteiger partial charge in [0.2, 0.25) is 0 Å². The van der Waals surface area contributed by atoms with Gasteiger partial charge in [-0.25, -0.2) is 9.07 Å². The summed E-state index contributed by atoms with van der Waals surface area (Å²) in [6.07, 6.45) is 2.42. The van der Waals surface area contributed by atoms with Crippen molar-refractivity contribution >= 4 is 11.6 Å². The number of para-hydroxylation sites is 1. The summed E-state index contributed by atoms with van der Waals surface area (Å²) in [5.41, 5.74) is 3.77. The number of aromatic nitrogens is 3. The first kappa shape index (κ1) is 15.5. The first-order valence-electron chi connectivity index (χ1n) is 8.15. The SMILES string of the molecule is Cc1cc(F)ccc1-n1cc(C(=O)N2c3ccccc3CC2C)nn1. The van der Waals surface area contributed by atoms with Crippen molar-refractivity contribution in [3.63, 3.8) is 0 Å². The van der Waals surface area contributed by atoms with Crippen LogP contribution in [0.15, 0.2) is 48.7 Å². The smallest absolute Gasteiger partial charge is 0.280 e. The normalized spacial score (nSPS) is 16.1. The monoisotopic (exact) mass is 336 g/mol. The summed E-state index contributed by atoms with van der Waals surface area (Å²) in [5, 5.41) is 8.08. The Morgan fingerprint density at radius 1 is 1.20 bits per heavy atom. The fourth-order valence-electron chi connectivity index (χ4n) is 3.35. The molecule has 5 nitrogen and oxygen atoms in total. The van der Waals surface area contributed by atoms with Gasteiger partial charge in [-0.2, -0.15) is 0 Å². The Kier molecular flexibility index (Phi) is 3.60. The van der Waals surface area contributed by atoms with Crippen molar-refractivity contribution in [3.8, 4) is 5.69 Å². The highest BCUT2D eigenvalue weighted by Crippen LogP contribution is 2.32. The molecule has 2 heterocycles. The fraction of sp³-hybridized carbons (Fsp3) is 0.211. The number of fused-ring (bicyclic) bond motifs is 1. The van der Waals surface area contributed by atoms with Gasteiger partial charge in [0.05, 0.1) is 11.9 Å². The summed E-state index contributed by atoms with van der Waals surface area (Å²) in [6.45, 7) is 3.81. The lowest BCUT2D eigenvalue weighted by atomic mass is 10.1. The lowest BCUT2D eigenvalue weighted by Gasteiger charge is -2.21. The number of halogens is 1. The van der Waals surface area contributed by atoms with E-state index in [-0.39, 0.29) is 23.5 Å². The van der Waals surface area contributed by atoms with Crippen molar-refractivity contribution in [2.75, 3.05) is 4.90 Å². The zero-order valence-electron chi connectivity index (χ0n) is 14.0. The summed E-state index contributed by atoms with van der Waals surface area (Å²) >= 11 is 0. The number of hydrogen-bond donors (Lipinski definition) is 0. The van der Waals surface area contributed by atoms with E-state index in [0.29, 0.717) is 5.69 Å². The molecule has 1 amide bonds. The second-order valence-corrected chi connectivity index (χ2v) is 6.34. The van der Waals surface area contributed by atoms with E-state index < -0.39 is 0 Å². The van der Waals surface area contributed by atoms with Gasteiger partial charge in [-0.05, 0) is 55.7 Å². The fourth-order valence-corrected chi connectivity index (χ4v) is 3.35. The Labute approximate surface area is 144 Å². The second-order valence-electron chi connectivity index (χ2n) is 6.34. The van der Waals surface area contributed by atoms with Gasteiger partial charge >= 0.3 is 0 Å². The lowest BCUT2D eigenvalue weighted by molar-refractivity contribution is 0.0976. The van der Waals surface area contributed by atoms with Crippen LogP contribution in [0.2, 0.25) is 0 Å². The molecule has 0 saturated heterocycles. The molecule has 1 atom stereocenters. The Bertz CT molecular complexity index is 966. The summed E-state index contributed by atoms with van der Waals surface area (Å²) in [7, 11) is 0. The highest BCUT2D eigenvalue weighted by Gasteiger charge is 2.32. The number of carbonyl (C=O) groups is 1. The Morgan fingerprint density at radius 2 is 2.00 bits per heavy atom. The third-order valence-corrected chi connectivity index (χ3v) is 4.54. The summed E-state index contributed by atoms with van der Waals surface area (Å²) in [4.78, 5) is 14.7. The van der Waals surface area contributed by atoms with Crippen LogP contribution in [0.3, 0.4) is 0 Å². The van der Waals surface area contributed by atoms with Crippen molar-refractivity contribution in [2.24, 2.45) is 0 Å². The molecular formula is C19H17FN4O. The van der Waals surface area contributed by atoms with Crippen LogP contribution >= 0.6 is 0 Å². The summed E-state index contributed by atoms with van der Waals surface area (Å²) in [6, 6.07) is 12.4. The van der Waals surface area contributed by atoms with E-state index in [4.69, 9.17) is 0 Å². The van der Waals surface area contributed by atoms with Crippen LogP contribution in [0.25, 0.3) is 5.69 Å². The molecule has 1 aromatic heterocycles. The van der Waals surface area contributed by atoms with Crippen molar-refractivity contribution in [1.29, 1.82) is 0 Å². The summed E-state index contributed by atoms with van der Waals surface area (Å²) in [5.74, 6) is -0.483. The first-order chi connectivity index (χ1) is 12.0. The van der Waals surface area contributed by atoms with Crippen molar-refractivity contribution in [2.45, 2.75) is 26.3 Å². The highest BCUT2D eigenvalue weighted by atomic mass is 19.1. The molecule has 4 rings (SSSR count). The number of hydrogen-bond acceptors (Lipinski definition) is 3. The number of anilines is 1. The number of carbonyl (C=O) groups excluding carboxylic acids is 1. The minimum absolute atomic E-state index is 0.0719. The van der Waals surface area contributed by atoms with E-state index in [0.717, 1.165) is 23.2 Å². The maximum Gasteiger partial charge on any atom is 0.280 e. The predicted octanol–water partition coefficient (Wildman–Crippen LogP) is 3.31. The quantitative estimate of drug-likeness (QED) is 0.721. The minimum atomic E-state index is -0.305. The minimum Gasteiger partial charge on any atom is -0.304 e. The molecule has 0 aliphatic carbocycles. The van der Waals surface area contributed by atoms with Crippen LogP contribution in [0, 0.1) is 12.7 Å². The molecule has 1 aliphatic rings. The van der Waals surface area contributed by atoms with Crippen LogP contribution in [-0.4, -0.2) is 26.9 Å². The maximum atomic E-state index is 13.3. The Balaban J connectivity index is 1.67. The van der Waals surface area contributed by atoms with Gasteiger partial charge in [-0.15, -0.1) is 5.10 Å². The van der Waals surface area contributed by atoms with Gasteiger partial charge in [-0.3, -0.25) is 4.79 Å².